The van der Waals surface area contributed by atoms with Gasteiger partial charge in [-0.1, -0.05) is 13.8 Å². The van der Waals surface area contributed by atoms with Crippen molar-refractivity contribution in [3.8, 4) is 6.07 Å². The Hall–Kier alpha value is -0.363. The molecule has 0 fully saturated rings. The van der Waals surface area contributed by atoms with Gasteiger partial charge in [-0.05, 0) is 25.1 Å². The first-order chi connectivity index (χ1) is 4.93. The molecular formula is C8H16FNSi. The van der Waals surface area contributed by atoms with Crippen molar-refractivity contribution in [3.05, 3.63) is 0 Å². The number of halogens is 1. The molecule has 0 radical (unpaired) electrons. The van der Waals surface area contributed by atoms with Crippen molar-refractivity contribution < 1.29 is 4.11 Å². The summed E-state index contributed by atoms with van der Waals surface area (Å²) < 4.78 is 13.4. The fourth-order valence-electron chi connectivity index (χ4n) is 1.04. The number of rotatable bonds is 3. The minimum atomic E-state index is -2.59. The smallest absolute Gasteiger partial charge is 0.245 e. The van der Waals surface area contributed by atoms with Crippen molar-refractivity contribution in [2.24, 2.45) is 5.92 Å². The van der Waals surface area contributed by atoms with Crippen LogP contribution in [0.25, 0.3) is 0 Å². The average molecular weight is 173 g/mol. The second-order valence-electron chi connectivity index (χ2n) is 3.50. The summed E-state index contributed by atoms with van der Waals surface area (Å²) in [7, 11) is -2.59. The fraction of sp³-hybridized carbons (Fsp3) is 0.875. The Bertz CT molecular complexity index is 156. The molecule has 0 aliphatic carbocycles. The fourth-order valence-corrected chi connectivity index (χ4v) is 2.30. The standard InChI is InChI=1S/C8H16FNSi/c1-5-8(6-10)7(2)11(3,4)9/h7-8H,5H2,1-4H3. The lowest BCUT2D eigenvalue weighted by Crippen LogP contribution is -2.29. The number of nitrogens with zero attached hydrogens (tertiary/aromatic N) is 1. The van der Waals surface area contributed by atoms with E-state index in [1.165, 1.54) is 0 Å². The molecule has 2 unspecified atom stereocenters. The highest BCUT2D eigenvalue weighted by Crippen LogP contribution is 2.31. The number of nitriles is 1. The Labute approximate surface area is 69.4 Å². The summed E-state index contributed by atoms with van der Waals surface area (Å²) >= 11 is 0. The lowest BCUT2D eigenvalue weighted by atomic mass is 10.1. The van der Waals surface area contributed by atoms with Gasteiger partial charge in [0.25, 0.3) is 0 Å². The van der Waals surface area contributed by atoms with Crippen LogP contribution in [0.3, 0.4) is 0 Å². The van der Waals surface area contributed by atoms with Gasteiger partial charge >= 0.3 is 0 Å². The van der Waals surface area contributed by atoms with Crippen LogP contribution < -0.4 is 0 Å². The summed E-state index contributed by atoms with van der Waals surface area (Å²) in [4.78, 5) is 0. The number of hydrogen-bond donors (Lipinski definition) is 0. The Balaban J connectivity index is 4.24. The predicted molar refractivity (Wildman–Crippen MR) is 47.4 cm³/mol. The molecule has 11 heavy (non-hydrogen) atoms. The molecule has 64 valence electrons. The SMILES string of the molecule is CCC(C#N)C(C)[Si](C)(C)F. The molecule has 0 aromatic carbocycles. The molecule has 0 aliphatic rings. The maximum Gasteiger partial charge on any atom is 0.245 e. The predicted octanol–water partition coefficient (Wildman–Crippen LogP) is 3.10. The summed E-state index contributed by atoms with van der Waals surface area (Å²) in [5.74, 6) is -0.0957. The van der Waals surface area contributed by atoms with Crippen LogP contribution in [0.4, 0.5) is 4.11 Å². The van der Waals surface area contributed by atoms with E-state index in [0.717, 1.165) is 6.42 Å². The van der Waals surface area contributed by atoms with Gasteiger partial charge in [-0.15, -0.1) is 0 Å². The third-order valence-corrected chi connectivity index (χ3v) is 4.86. The van der Waals surface area contributed by atoms with Gasteiger partial charge in [0.15, 0.2) is 0 Å². The van der Waals surface area contributed by atoms with Crippen LogP contribution in [0.15, 0.2) is 0 Å². The van der Waals surface area contributed by atoms with Gasteiger partial charge in [0.1, 0.15) is 0 Å². The maximum atomic E-state index is 13.4. The Kier molecular flexibility index (Phi) is 3.74. The lowest BCUT2D eigenvalue weighted by molar-refractivity contribution is 0.566. The van der Waals surface area contributed by atoms with Crippen molar-refractivity contribution in [3.63, 3.8) is 0 Å². The van der Waals surface area contributed by atoms with Gasteiger partial charge in [-0.2, -0.15) is 5.26 Å². The van der Waals surface area contributed by atoms with Gasteiger partial charge < -0.3 is 4.11 Å². The highest BCUT2D eigenvalue weighted by Gasteiger charge is 2.34. The quantitative estimate of drug-likeness (QED) is 0.475. The monoisotopic (exact) mass is 173 g/mol. The van der Waals surface area contributed by atoms with Crippen molar-refractivity contribution >= 4 is 8.41 Å². The molecule has 0 aromatic heterocycles. The summed E-state index contributed by atoms with van der Waals surface area (Å²) in [6.07, 6.45) is 0.762. The van der Waals surface area contributed by atoms with Crippen molar-refractivity contribution in [1.29, 1.82) is 5.26 Å². The summed E-state index contributed by atoms with van der Waals surface area (Å²) in [5.41, 5.74) is -0.0440. The molecule has 0 N–H and O–H groups in total. The second-order valence-corrected chi connectivity index (χ2v) is 7.54. The topological polar surface area (TPSA) is 23.8 Å². The number of hydrogen-bond acceptors (Lipinski definition) is 1. The Morgan fingerprint density at radius 2 is 2.00 bits per heavy atom. The normalized spacial score (nSPS) is 17.1. The molecule has 0 bridgehead atoms. The maximum absolute atomic E-state index is 13.4. The highest BCUT2D eigenvalue weighted by atomic mass is 28.4. The zero-order valence-corrected chi connectivity index (χ0v) is 8.69. The van der Waals surface area contributed by atoms with Crippen LogP contribution in [0.5, 0.6) is 0 Å². The van der Waals surface area contributed by atoms with Crippen LogP contribution >= 0.6 is 0 Å². The lowest BCUT2D eigenvalue weighted by Gasteiger charge is -2.23. The van der Waals surface area contributed by atoms with E-state index in [-0.39, 0.29) is 11.5 Å². The van der Waals surface area contributed by atoms with E-state index >= 15 is 0 Å². The molecule has 2 atom stereocenters. The second kappa shape index (κ2) is 3.87. The largest absolute Gasteiger partial charge is 0.314 e. The van der Waals surface area contributed by atoms with E-state index in [4.69, 9.17) is 5.26 Å². The molecule has 0 heterocycles. The van der Waals surface area contributed by atoms with Gasteiger partial charge in [-0.3, -0.25) is 0 Å². The van der Waals surface area contributed by atoms with Gasteiger partial charge in [0.2, 0.25) is 8.41 Å². The van der Waals surface area contributed by atoms with Gasteiger partial charge in [0, 0.05) is 5.92 Å². The molecule has 0 spiro atoms. The van der Waals surface area contributed by atoms with Crippen LogP contribution in [0.2, 0.25) is 18.6 Å². The third-order valence-electron chi connectivity index (χ3n) is 2.29. The van der Waals surface area contributed by atoms with Gasteiger partial charge in [0.05, 0.1) is 6.07 Å². The minimum absolute atomic E-state index is 0.0440. The minimum Gasteiger partial charge on any atom is -0.314 e. The van der Waals surface area contributed by atoms with Crippen LogP contribution in [0, 0.1) is 17.2 Å². The summed E-state index contributed by atoms with van der Waals surface area (Å²) in [6.45, 7) is 7.11. The summed E-state index contributed by atoms with van der Waals surface area (Å²) in [6, 6.07) is 2.15. The molecule has 0 aliphatic heterocycles. The first-order valence-electron chi connectivity index (χ1n) is 4.02. The van der Waals surface area contributed by atoms with Gasteiger partial charge in [-0.25, -0.2) is 0 Å². The molecular weight excluding hydrogens is 157 g/mol. The molecule has 0 rings (SSSR count). The summed E-state index contributed by atoms with van der Waals surface area (Å²) in [5, 5.41) is 8.67. The van der Waals surface area contributed by atoms with E-state index in [0.29, 0.717) is 0 Å². The first kappa shape index (κ1) is 10.6. The van der Waals surface area contributed by atoms with E-state index in [2.05, 4.69) is 6.07 Å². The van der Waals surface area contributed by atoms with Crippen molar-refractivity contribution in [1.82, 2.24) is 0 Å². The molecule has 0 aromatic rings. The van der Waals surface area contributed by atoms with E-state index < -0.39 is 8.41 Å². The molecule has 0 saturated carbocycles. The third kappa shape index (κ3) is 3.02. The molecule has 0 saturated heterocycles. The van der Waals surface area contributed by atoms with E-state index in [1.807, 2.05) is 13.8 Å². The van der Waals surface area contributed by atoms with E-state index in [1.54, 1.807) is 13.1 Å². The van der Waals surface area contributed by atoms with Crippen molar-refractivity contribution in [2.75, 3.05) is 0 Å². The Morgan fingerprint density at radius 1 is 1.55 bits per heavy atom. The first-order valence-corrected chi connectivity index (χ1v) is 6.97. The zero-order chi connectivity index (χ0) is 9.07. The van der Waals surface area contributed by atoms with E-state index in [9.17, 15) is 4.11 Å². The molecule has 1 nitrogen and oxygen atoms in total. The average Bonchev–Trinajstić information content (AvgIpc) is 1.88. The molecule has 3 heteroatoms. The zero-order valence-electron chi connectivity index (χ0n) is 7.69. The van der Waals surface area contributed by atoms with Crippen LogP contribution in [0.1, 0.15) is 20.3 Å². The van der Waals surface area contributed by atoms with Crippen LogP contribution in [-0.4, -0.2) is 8.41 Å². The highest BCUT2D eigenvalue weighted by molar-refractivity contribution is 6.72. The molecule has 0 amide bonds. The Morgan fingerprint density at radius 3 is 2.09 bits per heavy atom. The van der Waals surface area contributed by atoms with Crippen LogP contribution in [-0.2, 0) is 0 Å². The van der Waals surface area contributed by atoms with Crippen molar-refractivity contribution in [2.45, 2.75) is 38.9 Å².